The minimum absolute atomic E-state index is 0.227. The van der Waals surface area contributed by atoms with Crippen LogP contribution in [0.3, 0.4) is 0 Å². The molecule has 1 heterocycles. The van der Waals surface area contributed by atoms with E-state index in [1.165, 1.54) is 31.9 Å². The Kier molecular flexibility index (Phi) is 4.41. The Labute approximate surface area is 108 Å². The van der Waals surface area contributed by atoms with E-state index in [-0.39, 0.29) is 5.82 Å². The van der Waals surface area contributed by atoms with Gasteiger partial charge in [0.25, 0.3) is 0 Å². The lowest BCUT2D eigenvalue weighted by Crippen LogP contribution is -2.25. The summed E-state index contributed by atoms with van der Waals surface area (Å²) in [4.78, 5) is 2.37. The second kappa shape index (κ2) is 5.83. The molecule has 0 aliphatic carbocycles. The molecule has 2 rings (SSSR count). The number of rotatable bonds is 2. The normalized spacial score (nSPS) is 22.4. The van der Waals surface area contributed by atoms with Crippen molar-refractivity contribution in [1.82, 2.24) is 4.90 Å². The second-order valence-corrected chi connectivity index (χ2v) is 5.54. The molecule has 1 nitrogen and oxygen atoms in total. The Morgan fingerprint density at radius 2 is 2.18 bits per heavy atom. The molecule has 1 fully saturated rings. The first kappa shape index (κ1) is 12.8. The van der Waals surface area contributed by atoms with Gasteiger partial charge in [0.15, 0.2) is 0 Å². The highest BCUT2D eigenvalue weighted by Crippen LogP contribution is 2.22. The summed E-state index contributed by atoms with van der Waals surface area (Å²) in [7, 11) is 2.16. The highest BCUT2D eigenvalue weighted by molar-refractivity contribution is 6.30. The van der Waals surface area contributed by atoms with Crippen molar-refractivity contribution in [2.75, 3.05) is 20.1 Å². The molecule has 0 saturated carbocycles. The summed E-state index contributed by atoms with van der Waals surface area (Å²) in [5.74, 6) is 0.398. The van der Waals surface area contributed by atoms with Gasteiger partial charge in [-0.2, -0.15) is 0 Å². The van der Waals surface area contributed by atoms with Crippen LogP contribution in [-0.2, 0) is 6.42 Å². The third-order valence-electron chi connectivity index (χ3n) is 3.42. The summed E-state index contributed by atoms with van der Waals surface area (Å²) in [6.45, 7) is 2.29. The minimum Gasteiger partial charge on any atom is -0.306 e. The third kappa shape index (κ3) is 3.97. The molecule has 94 valence electrons. The summed E-state index contributed by atoms with van der Waals surface area (Å²) >= 11 is 5.88. The minimum atomic E-state index is -0.227. The molecule has 1 unspecified atom stereocenters. The summed E-state index contributed by atoms with van der Waals surface area (Å²) in [5, 5.41) is 0.502. The molecule has 0 spiro atoms. The van der Waals surface area contributed by atoms with Gasteiger partial charge < -0.3 is 4.90 Å². The Balaban J connectivity index is 2.03. The Hall–Kier alpha value is -0.600. The fraction of sp³-hybridized carbons (Fsp3) is 0.571. The summed E-state index contributed by atoms with van der Waals surface area (Å²) in [6, 6.07) is 4.86. The molecule has 17 heavy (non-hydrogen) atoms. The number of benzene rings is 1. The van der Waals surface area contributed by atoms with Crippen LogP contribution in [0, 0.1) is 11.7 Å². The molecule has 0 radical (unpaired) electrons. The van der Waals surface area contributed by atoms with Crippen molar-refractivity contribution in [1.29, 1.82) is 0 Å². The Morgan fingerprint density at radius 3 is 2.94 bits per heavy atom. The molecule has 1 atom stereocenters. The lowest BCUT2D eigenvalue weighted by Gasteiger charge is -2.20. The molecule has 1 aromatic carbocycles. The van der Waals surface area contributed by atoms with Gasteiger partial charge in [-0.3, -0.25) is 0 Å². The van der Waals surface area contributed by atoms with E-state index < -0.39 is 0 Å². The molecule has 1 aliphatic rings. The van der Waals surface area contributed by atoms with Gasteiger partial charge in [-0.1, -0.05) is 18.0 Å². The van der Waals surface area contributed by atoms with Gasteiger partial charge >= 0.3 is 0 Å². The summed E-state index contributed by atoms with van der Waals surface area (Å²) in [5.41, 5.74) is 1.02. The summed E-state index contributed by atoms with van der Waals surface area (Å²) in [6.07, 6.45) is 4.72. The van der Waals surface area contributed by atoms with Gasteiger partial charge in [-0.05, 0) is 62.5 Å². The maximum atomic E-state index is 13.2. The highest BCUT2D eigenvalue weighted by atomic mass is 35.5. The van der Waals surface area contributed by atoms with Gasteiger partial charge in [0, 0.05) is 11.6 Å². The van der Waals surface area contributed by atoms with Crippen molar-refractivity contribution in [3.05, 3.63) is 34.6 Å². The van der Waals surface area contributed by atoms with Gasteiger partial charge in [0.2, 0.25) is 0 Å². The molecular formula is C14H19ClFN. The smallest absolute Gasteiger partial charge is 0.124 e. The fourth-order valence-electron chi connectivity index (χ4n) is 2.67. The monoisotopic (exact) mass is 255 g/mol. The van der Waals surface area contributed by atoms with Crippen molar-refractivity contribution in [2.45, 2.75) is 25.7 Å². The zero-order valence-corrected chi connectivity index (χ0v) is 11.0. The summed E-state index contributed by atoms with van der Waals surface area (Å²) < 4.78 is 13.2. The molecule has 3 heteroatoms. The molecule has 1 saturated heterocycles. The quantitative estimate of drug-likeness (QED) is 0.778. The number of hydrogen-bond donors (Lipinski definition) is 0. The second-order valence-electron chi connectivity index (χ2n) is 5.11. The van der Waals surface area contributed by atoms with E-state index in [1.54, 1.807) is 6.07 Å². The van der Waals surface area contributed by atoms with E-state index >= 15 is 0 Å². The molecule has 0 N–H and O–H groups in total. The van der Waals surface area contributed by atoms with E-state index in [0.717, 1.165) is 18.5 Å². The Morgan fingerprint density at radius 1 is 1.35 bits per heavy atom. The Bertz CT molecular complexity index is 360. The molecular weight excluding hydrogens is 237 g/mol. The molecule has 0 amide bonds. The average Bonchev–Trinajstić information content (AvgIpc) is 2.41. The van der Waals surface area contributed by atoms with Crippen molar-refractivity contribution in [3.63, 3.8) is 0 Å². The zero-order chi connectivity index (χ0) is 12.3. The third-order valence-corrected chi connectivity index (χ3v) is 3.64. The molecule has 1 aromatic rings. The fourth-order valence-corrected chi connectivity index (χ4v) is 2.91. The predicted octanol–water partition coefficient (Wildman–Crippen LogP) is 3.75. The van der Waals surface area contributed by atoms with Crippen LogP contribution in [0.5, 0.6) is 0 Å². The number of likely N-dealkylation sites (tertiary alicyclic amines) is 1. The first-order valence-corrected chi connectivity index (χ1v) is 6.65. The van der Waals surface area contributed by atoms with Gasteiger partial charge in [0.05, 0.1) is 0 Å². The van der Waals surface area contributed by atoms with E-state index in [4.69, 9.17) is 11.6 Å². The first-order chi connectivity index (χ1) is 8.13. The largest absolute Gasteiger partial charge is 0.306 e. The predicted molar refractivity (Wildman–Crippen MR) is 70.0 cm³/mol. The maximum absolute atomic E-state index is 13.2. The first-order valence-electron chi connectivity index (χ1n) is 6.27. The topological polar surface area (TPSA) is 3.24 Å². The van der Waals surface area contributed by atoms with Crippen LogP contribution in [0.15, 0.2) is 18.2 Å². The number of nitrogens with zero attached hydrogens (tertiary/aromatic N) is 1. The van der Waals surface area contributed by atoms with Crippen molar-refractivity contribution in [3.8, 4) is 0 Å². The van der Waals surface area contributed by atoms with Crippen LogP contribution in [0.2, 0.25) is 5.02 Å². The van der Waals surface area contributed by atoms with Crippen LogP contribution >= 0.6 is 11.6 Å². The van der Waals surface area contributed by atoms with Crippen LogP contribution in [-0.4, -0.2) is 25.0 Å². The van der Waals surface area contributed by atoms with Crippen molar-refractivity contribution >= 4 is 11.6 Å². The van der Waals surface area contributed by atoms with E-state index in [2.05, 4.69) is 11.9 Å². The van der Waals surface area contributed by atoms with E-state index in [1.807, 2.05) is 6.07 Å². The SMILES string of the molecule is CN1CCCCC(Cc2cc(F)cc(Cl)c2)C1. The molecule has 0 bridgehead atoms. The molecule has 0 aromatic heterocycles. The van der Waals surface area contributed by atoms with Gasteiger partial charge in [0.1, 0.15) is 5.82 Å². The number of halogens is 2. The van der Waals surface area contributed by atoms with E-state index in [0.29, 0.717) is 10.9 Å². The van der Waals surface area contributed by atoms with Crippen molar-refractivity contribution in [2.24, 2.45) is 5.92 Å². The standard InChI is InChI=1S/C14H19ClFN/c1-17-5-3-2-4-11(10-17)6-12-7-13(15)9-14(16)8-12/h7-9,11H,2-6,10H2,1H3. The zero-order valence-electron chi connectivity index (χ0n) is 10.3. The lowest BCUT2D eigenvalue weighted by atomic mass is 9.95. The number of hydrogen-bond acceptors (Lipinski definition) is 1. The van der Waals surface area contributed by atoms with Gasteiger partial charge in [-0.15, -0.1) is 0 Å². The van der Waals surface area contributed by atoms with Crippen LogP contribution < -0.4 is 0 Å². The maximum Gasteiger partial charge on any atom is 0.124 e. The van der Waals surface area contributed by atoms with Crippen LogP contribution in [0.4, 0.5) is 4.39 Å². The van der Waals surface area contributed by atoms with Crippen LogP contribution in [0.25, 0.3) is 0 Å². The lowest BCUT2D eigenvalue weighted by molar-refractivity contribution is 0.298. The van der Waals surface area contributed by atoms with Crippen molar-refractivity contribution < 1.29 is 4.39 Å². The molecule has 1 aliphatic heterocycles. The van der Waals surface area contributed by atoms with E-state index in [9.17, 15) is 4.39 Å². The van der Waals surface area contributed by atoms with Gasteiger partial charge in [-0.25, -0.2) is 4.39 Å². The highest BCUT2D eigenvalue weighted by Gasteiger charge is 2.16. The average molecular weight is 256 g/mol. The van der Waals surface area contributed by atoms with Crippen LogP contribution in [0.1, 0.15) is 24.8 Å².